The number of sulfonamides is 1. The van der Waals surface area contributed by atoms with Gasteiger partial charge in [0.2, 0.25) is 10.0 Å². The highest BCUT2D eigenvalue weighted by Gasteiger charge is 2.43. The second-order valence-electron chi connectivity index (χ2n) is 8.84. The molecule has 0 bridgehead atoms. The molecular formula is C27H24N4O6S2. The number of anilines is 2. The minimum atomic E-state index is -3.52. The number of ether oxygens (including phenoxy) is 1. The molecule has 0 radical (unpaired) electrons. The Balaban J connectivity index is 1.59. The number of benzene rings is 2. The number of hydrogen-bond acceptors (Lipinski definition) is 7. The second-order valence-corrected chi connectivity index (χ2v) is 11.0. The number of nitrogens with one attached hydrogen (secondary N) is 2. The smallest absolute Gasteiger partial charge is 0.335 e. The number of furan rings is 1. The highest BCUT2D eigenvalue weighted by molar-refractivity contribution is 7.92. The molecule has 200 valence electrons. The Morgan fingerprint density at radius 2 is 1.95 bits per heavy atom. The zero-order chi connectivity index (χ0) is 27.7. The lowest BCUT2D eigenvalue weighted by atomic mass is 10.0. The topological polar surface area (TPSA) is 134 Å². The van der Waals surface area contributed by atoms with Gasteiger partial charge in [-0.05, 0) is 60.7 Å². The number of methoxy groups -OCH3 is 1. The minimum Gasteiger partial charge on any atom is -0.494 e. The first kappa shape index (κ1) is 26.2. The highest BCUT2D eigenvalue weighted by atomic mass is 32.2. The van der Waals surface area contributed by atoms with Gasteiger partial charge in [-0.1, -0.05) is 18.2 Å². The van der Waals surface area contributed by atoms with E-state index in [1.54, 1.807) is 48.7 Å². The lowest BCUT2D eigenvalue weighted by Gasteiger charge is -2.27. The largest absolute Gasteiger partial charge is 0.494 e. The maximum absolute atomic E-state index is 11.8. The average molecular weight is 565 g/mol. The Labute approximate surface area is 230 Å². The fraction of sp³-hybridized carbons (Fsp3) is 0.148. The number of aromatic carboxylic acids is 1. The van der Waals surface area contributed by atoms with Crippen LogP contribution >= 0.6 is 12.2 Å². The summed E-state index contributed by atoms with van der Waals surface area (Å²) < 4.78 is 37.9. The number of carbonyl (C=O) groups is 1. The fourth-order valence-corrected chi connectivity index (χ4v) is 5.42. The van der Waals surface area contributed by atoms with E-state index in [0.717, 1.165) is 11.9 Å². The summed E-state index contributed by atoms with van der Waals surface area (Å²) in [6, 6.07) is 19.9. The third kappa shape index (κ3) is 5.42. The number of carboxylic acid groups (broad SMARTS) is 1. The van der Waals surface area contributed by atoms with Crippen LogP contribution in [-0.2, 0) is 10.0 Å². The molecule has 10 nitrogen and oxygen atoms in total. The van der Waals surface area contributed by atoms with Crippen LogP contribution in [0, 0.1) is 0 Å². The quantitative estimate of drug-likeness (QED) is 0.261. The predicted molar refractivity (Wildman–Crippen MR) is 150 cm³/mol. The van der Waals surface area contributed by atoms with Crippen molar-refractivity contribution in [2.75, 3.05) is 23.0 Å². The monoisotopic (exact) mass is 564 g/mol. The molecule has 0 amide bonds. The summed E-state index contributed by atoms with van der Waals surface area (Å²) in [7, 11) is -2.08. The van der Waals surface area contributed by atoms with Crippen LogP contribution in [0.3, 0.4) is 0 Å². The molecule has 0 aliphatic carbocycles. The van der Waals surface area contributed by atoms with Crippen LogP contribution in [0.2, 0.25) is 0 Å². The normalized spacial score (nSPS) is 17.1. The van der Waals surface area contributed by atoms with Gasteiger partial charge in [0.15, 0.2) is 5.11 Å². The van der Waals surface area contributed by atoms with Gasteiger partial charge in [0.1, 0.15) is 23.3 Å². The van der Waals surface area contributed by atoms with Crippen LogP contribution < -0.4 is 19.7 Å². The van der Waals surface area contributed by atoms with Crippen molar-refractivity contribution >= 4 is 44.7 Å². The summed E-state index contributed by atoms with van der Waals surface area (Å²) in [4.78, 5) is 17.9. The Bertz CT molecular complexity index is 1660. The lowest BCUT2D eigenvalue weighted by Crippen LogP contribution is -2.29. The van der Waals surface area contributed by atoms with Gasteiger partial charge in [-0.2, -0.15) is 0 Å². The molecule has 0 saturated carbocycles. The zero-order valence-electron chi connectivity index (χ0n) is 20.9. The molecule has 1 aliphatic heterocycles. The van der Waals surface area contributed by atoms with Crippen LogP contribution in [0.4, 0.5) is 11.4 Å². The molecule has 0 unspecified atom stereocenters. The lowest BCUT2D eigenvalue weighted by molar-refractivity contribution is 0.0697. The number of carboxylic acids is 1. The van der Waals surface area contributed by atoms with E-state index < -0.39 is 22.0 Å². The summed E-state index contributed by atoms with van der Waals surface area (Å²) in [6.45, 7) is 0. The third-order valence-corrected chi connectivity index (χ3v) is 7.07. The molecule has 3 heterocycles. The van der Waals surface area contributed by atoms with Crippen LogP contribution in [0.1, 0.15) is 33.9 Å². The molecule has 1 saturated heterocycles. The Morgan fingerprint density at radius 3 is 2.64 bits per heavy atom. The number of pyridine rings is 1. The van der Waals surface area contributed by atoms with Gasteiger partial charge in [0.05, 0.1) is 36.4 Å². The van der Waals surface area contributed by atoms with Crippen molar-refractivity contribution in [3.8, 4) is 17.1 Å². The number of rotatable bonds is 8. The summed E-state index contributed by atoms with van der Waals surface area (Å²) >= 11 is 5.75. The number of aromatic nitrogens is 1. The van der Waals surface area contributed by atoms with E-state index in [-0.39, 0.29) is 11.6 Å². The molecule has 0 spiro atoms. The molecule has 4 aromatic rings. The van der Waals surface area contributed by atoms with Crippen LogP contribution in [0.15, 0.2) is 83.4 Å². The molecule has 2 atom stereocenters. The van der Waals surface area contributed by atoms with Crippen LogP contribution in [-0.4, -0.2) is 43.0 Å². The third-order valence-electron chi connectivity index (χ3n) is 6.17. The van der Waals surface area contributed by atoms with Crippen molar-refractivity contribution in [3.05, 3.63) is 96.0 Å². The van der Waals surface area contributed by atoms with Crippen molar-refractivity contribution < 1.29 is 27.5 Å². The first-order valence-corrected chi connectivity index (χ1v) is 14.0. The second kappa shape index (κ2) is 10.4. The maximum Gasteiger partial charge on any atom is 0.335 e. The van der Waals surface area contributed by atoms with E-state index in [4.69, 9.17) is 21.4 Å². The summed E-state index contributed by atoms with van der Waals surface area (Å²) in [5.74, 6) is 0.339. The molecule has 2 aromatic carbocycles. The zero-order valence-corrected chi connectivity index (χ0v) is 22.5. The summed E-state index contributed by atoms with van der Waals surface area (Å²) in [5, 5.41) is 13.1. The van der Waals surface area contributed by atoms with E-state index in [1.165, 1.54) is 13.2 Å². The Morgan fingerprint density at radius 1 is 1.13 bits per heavy atom. The number of nitrogens with zero attached hydrogens (tertiary/aromatic N) is 2. The first-order chi connectivity index (χ1) is 18.6. The molecule has 12 heteroatoms. The Kier molecular flexibility index (Phi) is 6.98. The first-order valence-electron chi connectivity index (χ1n) is 11.7. The number of thiocarbonyl (C=S) groups is 1. The van der Waals surface area contributed by atoms with Crippen LogP contribution in [0.25, 0.3) is 11.3 Å². The predicted octanol–water partition coefficient (Wildman–Crippen LogP) is 4.60. The molecule has 2 aromatic heterocycles. The van der Waals surface area contributed by atoms with Gasteiger partial charge in [-0.15, -0.1) is 0 Å². The molecule has 1 fully saturated rings. The van der Waals surface area contributed by atoms with Crippen molar-refractivity contribution in [2.45, 2.75) is 12.1 Å². The van der Waals surface area contributed by atoms with E-state index in [2.05, 4.69) is 15.0 Å². The van der Waals surface area contributed by atoms with E-state index in [9.17, 15) is 18.3 Å². The van der Waals surface area contributed by atoms with Gasteiger partial charge in [0, 0.05) is 23.5 Å². The van der Waals surface area contributed by atoms with Gasteiger partial charge in [0.25, 0.3) is 0 Å². The average Bonchev–Trinajstić information content (AvgIpc) is 3.53. The van der Waals surface area contributed by atoms with Crippen molar-refractivity contribution in [2.24, 2.45) is 0 Å². The molecule has 5 rings (SSSR count). The standard InChI is InChI=1S/C27H24N4O6S2/c1-36-23-15-18(9-10-19(23)30-39(2,34)35)31-25(24(29-27(31)38)20-8-3-4-13-28-20)22-12-11-21(37-22)16-6-5-7-17(14-16)26(32)33/h3-15,24-25,30H,1-2H3,(H,29,38)(H,32,33)/t24-,25-/m1/s1. The maximum atomic E-state index is 11.8. The van der Waals surface area contributed by atoms with Gasteiger partial charge in [-0.3, -0.25) is 9.71 Å². The molecule has 3 N–H and O–H groups in total. The molecule has 39 heavy (non-hydrogen) atoms. The van der Waals surface area contributed by atoms with Crippen molar-refractivity contribution in [1.82, 2.24) is 10.3 Å². The molecule has 1 aliphatic rings. The van der Waals surface area contributed by atoms with Crippen molar-refractivity contribution in [1.29, 1.82) is 0 Å². The summed E-state index contributed by atoms with van der Waals surface area (Å²) in [6.07, 6.45) is 2.76. The SMILES string of the molecule is COc1cc(N2C(=S)N[C@H](c3ccccn3)[C@H]2c2ccc(-c3cccc(C(=O)O)c3)o2)ccc1NS(C)(=O)=O. The van der Waals surface area contributed by atoms with Gasteiger partial charge < -0.3 is 24.5 Å². The van der Waals surface area contributed by atoms with E-state index in [0.29, 0.717) is 39.3 Å². The van der Waals surface area contributed by atoms with Gasteiger partial charge >= 0.3 is 5.97 Å². The van der Waals surface area contributed by atoms with Crippen LogP contribution in [0.5, 0.6) is 5.75 Å². The number of hydrogen-bond donors (Lipinski definition) is 3. The fourth-order valence-electron chi connectivity index (χ4n) is 4.51. The minimum absolute atomic E-state index is 0.150. The summed E-state index contributed by atoms with van der Waals surface area (Å²) in [5.41, 5.74) is 2.43. The van der Waals surface area contributed by atoms with E-state index in [1.807, 2.05) is 29.2 Å². The molecular weight excluding hydrogens is 540 g/mol. The van der Waals surface area contributed by atoms with Crippen molar-refractivity contribution in [3.63, 3.8) is 0 Å². The van der Waals surface area contributed by atoms with E-state index >= 15 is 0 Å². The highest BCUT2D eigenvalue weighted by Crippen LogP contribution is 2.44. The Hall–Kier alpha value is -4.42. The van der Waals surface area contributed by atoms with Gasteiger partial charge in [-0.25, -0.2) is 13.2 Å².